The minimum absolute atomic E-state index is 0.0956. The Morgan fingerprint density at radius 1 is 1.10 bits per heavy atom. The van der Waals surface area contributed by atoms with E-state index in [9.17, 15) is 9.59 Å². The van der Waals surface area contributed by atoms with Crippen LogP contribution in [0.5, 0.6) is 11.5 Å². The molecule has 0 unspecified atom stereocenters. The van der Waals surface area contributed by atoms with Gasteiger partial charge in [0.25, 0.3) is 5.91 Å². The number of carbonyl (C=O) groups is 2. The SMILES string of the molecule is COc1ccc(C2=NN(C(=O)CN(CCN3CCOCC3)C(=O)CC(C)(C)C)[C@H](c3ccccc3F)C2)c(OC)c1. The van der Waals surface area contributed by atoms with Gasteiger partial charge in [0.15, 0.2) is 0 Å². The molecule has 0 aromatic heterocycles. The maximum Gasteiger partial charge on any atom is 0.262 e. The standard InChI is InChI=1S/C31H41FN4O5/c1-31(2,3)20-29(37)35(13-12-34-14-16-41-17-15-34)21-30(38)36-27(23-8-6-7-9-25(23)32)19-26(33-36)24-11-10-22(39-4)18-28(24)40-5/h6-11,18,27H,12-17,19-21H2,1-5H3/t27-/m0/s1. The number of benzene rings is 2. The zero-order chi connectivity index (χ0) is 29.6. The molecule has 2 heterocycles. The van der Waals surface area contributed by atoms with Crippen LogP contribution >= 0.6 is 0 Å². The lowest BCUT2D eigenvalue weighted by molar-refractivity contribution is -0.142. The van der Waals surface area contributed by atoms with Crippen molar-refractivity contribution in [2.75, 3.05) is 60.2 Å². The molecule has 9 nitrogen and oxygen atoms in total. The topological polar surface area (TPSA) is 83.9 Å². The largest absolute Gasteiger partial charge is 0.497 e. The van der Waals surface area contributed by atoms with Gasteiger partial charge in [-0.05, 0) is 23.6 Å². The molecule has 2 aliphatic heterocycles. The third-order valence-electron chi connectivity index (χ3n) is 7.30. The van der Waals surface area contributed by atoms with E-state index in [2.05, 4.69) is 4.90 Å². The minimum Gasteiger partial charge on any atom is -0.497 e. The van der Waals surface area contributed by atoms with E-state index in [4.69, 9.17) is 19.3 Å². The Balaban J connectivity index is 1.63. The predicted octanol–water partition coefficient (Wildman–Crippen LogP) is 4.12. The quantitative estimate of drug-likeness (QED) is 0.429. The molecule has 10 heteroatoms. The predicted molar refractivity (Wildman–Crippen MR) is 155 cm³/mol. The minimum atomic E-state index is -0.663. The first-order valence-electron chi connectivity index (χ1n) is 14.0. The van der Waals surface area contributed by atoms with Crippen LogP contribution in [0.15, 0.2) is 47.6 Å². The summed E-state index contributed by atoms with van der Waals surface area (Å²) in [4.78, 5) is 31.2. The number of methoxy groups -OCH3 is 2. The maximum absolute atomic E-state index is 15.0. The second-order valence-corrected chi connectivity index (χ2v) is 11.6. The van der Waals surface area contributed by atoms with Gasteiger partial charge in [0.2, 0.25) is 5.91 Å². The first-order valence-corrected chi connectivity index (χ1v) is 14.0. The number of hydrazone groups is 1. The summed E-state index contributed by atoms with van der Waals surface area (Å²) in [5, 5.41) is 6.04. The Kier molecular flexibility index (Phi) is 9.99. The zero-order valence-electron chi connectivity index (χ0n) is 24.7. The molecule has 0 radical (unpaired) electrons. The smallest absolute Gasteiger partial charge is 0.262 e. The van der Waals surface area contributed by atoms with Gasteiger partial charge in [-0.1, -0.05) is 39.0 Å². The van der Waals surface area contributed by atoms with Crippen LogP contribution in [0.2, 0.25) is 0 Å². The fourth-order valence-electron chi connectivity index (χ4n) is 5.11. The average Bonchev–Trinajstić information content (AvgIpc) is 3.39. The molecule has 2 aromatic carbocycles. The van der Waals surface area contributed by atoms with E-state index >= 15 is 4.39 Å². The summed E-state index contributed by atoms with van der Waals surface area (Å²) < 4.78 is 31.4. The van der Waals surface area contributed by atoms with Crippen molar-refractivity contribution in [3.05, 3.63) is 59.4 Å². The van der Waals surface area contributed by atoms with Crippen molar-refractivity contribution < 1.29 is 28.2 Å². The number of ether oxygens (including phenoxy) is 3. The number of hydrogen-bond donors (Lipinski definition) is 0. The fourth-order valence-corrected chi connectivity index (χ4v) is 5.11. The highest BCUT2D eigenvalue weighted by Crippen LogP contribution is 2.37. The molecule has 1 fully saturated rings. The van der Waals surface area contributed by atoms with E-state index in [1.165, 1.54) is 11.1 Å². The summed E-state index contributed by atoms with van der Waals surface area (Å²) in [7, 11) is 3.13. The molecule has 222 valence electrons. The molecule has 2 aromatic rings. The molecule has 1 saturated heterocycles. The van der Waals surface area contributed by atoms with Crippen molar-refractivity contribution in [2.24, 2.45) is 10.5 Å². The molecule has 41 heavy (non-hydrogen) atoms. The van der Waals surface area contributed by atoms with Gasteiger partial charge < -0.3 is 19.1 Å². The van der Waals surface area contributed by atoms with E-state index in [0.29, 0.717) is 67.5 Å². The molecule has 4 rings (SSSR count). The van der Waals surface area contributed by atoms with E-state index < -0.39 is 11.9 Å². The monoisotopic (exact) mass is 568 g/mol. The zero-order valence-corrected chi connectivity index (χ0v) is 24.7. The van der Waals surface area contributed by atoms with Crippen molar-refractivity contribution in [1.82, 2.24) is 14.8 Å². The first-order chi connectivity index (χ1) is 19.6. The number of hydrogen-bond acceptors (Lipinski definition) is 7. The Labute approximate surface area is 241 Å². The lowest BCUT2D eigenvalue weighted by Gasteiger charge is -2.32. The number of amides is 2. The van der Waals surface area contributed by atoms with Crippen molar-refractivity contribution in [3.63, 3.8) is 0 Å². The molecule has 0 N–H and O–H groups in total. The molecular weight excluding hydrogens is 527 g/mol. The molecule has 0 spiro atoms. The second kappa shape index (κ2) is 13.4. The third-order valence-corrected chi connectivity index (χ3v) is 7.30. The van der Waals surface area contributed by atoms with Crippen LogP contribution in [-0.2, 0) is 14.3 Å². The normalized spacial score (nSPS) is 17.8. The highest BCUT2D eigenvalue weighted by molar-refractivity contribution is 6.05. The summed E-state index contributed by atoms with van der Waals surface area (Å²) in [5.41, 5.74) is 1.41. The Bertz CT molecular complexity index is 1260. The van der Waals surface area contributed by atoms with Gasteiger partial charge in [-0.25, -0.2) is 9.40 Å². The van der Waals surface area contributed by atoms with Crippen LogP contribution in [-0.4, -0.2) is 92.5 Å². The highest BCUT2D eigenvalue weighted by atomic mass is 19.1. The van der Waals surface area contributed by atoms with Gasteiger partial charge in [0.1, 0.15) is 23.9 Å². The lowest BCUT2D eigenvalue weighted by atomic mass is 9.91. The average molecular weight is 569 g/mol. The molecular formula is C31H41FN4O5. The Hall–Kier alpha value is -3.50. The molecule has 0 aliphatic carbocycles. The van der Waals surface area contributed by atoms with Gasteiger partial charge in [-0.3, -0.25) is 14.5 Å². The summed E-state index contributed by atoms with van der Waals surface area (Å²) in [6.45, 7) is 9.77. The maximum atomic E-state index is 15.0. The van der Waals surface area contributed by atoms with Gasteiger partial charge in [0, 0.05) is 56.2 Å². The van der Waals surface area contributed by atoms with Crippen molar-refractivity contribution in [3.8, 4) is 11.5 Å². The van der Waals surface area contributed by atoms with Crippen LogP contribution in [0.4, 0.5) is 4.39 Å². The summed E-state index contributed by atoms with van der Waals surface area (Å²) in [5.74, 6) is 0.279. The van der Waals surface area contributed by atoms with Gasteiger partial charge in [-0.15, -0.1) is 0 Å². The van der Waals surface area contributed by atoms with Crippen LogP contribution < -0.4 is 9.47 Å². The second-order valence-electron chi connectivity index (χ2n) is 11.6. The third kappa shape index (κ3) is 7.83. The van der Waals surface area contributed by atoms with Crippen LogP contribution in [0.3, 0.4) is 0 Å². The molecule has 2 amide bonds. The number of carbonyl (C=O) groups excluding carboxylic acids is 2. The lowest BCUT2D eigenvalue weighted by Crippen LogP contribution is -2.47. The summed E-state index contributed by atoms with van der Waals surface area (Å²) in [6, 6.07) is 11.1. The highest BCUT2D eigenvalue weighted by Gasteiger charge is 2.37. The van der Waals surface area contributed by atoms with Crippen molar-refractivity contribution in [2.45, 2.75) is 39.7 Å². The van der Waals surface area contributed by atoms with Crippen molar-refractivity contribution in [1.29, 1.82) is 0 Å². The number of morpholine rings is 1. The van der Waals surface area contributed by atoms with Crippen LogP contribution in [0.1, 0.15) is 50.8 Å². The van der Waals surface area contributed by atoms with Gasteiger partial charge in [-0.2, -0.15) is 5.10 Å². The Morgan fingerprint density at radius 2 is 1.83 bits per heavy atom. The number of rotatable bonds is 10. The molecule has 0 saturated carbocycles. The van der Waals surface area contributed by atoms with E-state index in [0.717, 1.165) is 13.1 Å². The Morgan fingerprint density at radius 3 is 2.49 bits per heavy atom. The number of halogens is 1. The molecule has 0 bridgehead atoms. The number of nitrogens with zero attached hydrogens (tertiary/aromatic N) is 4. The first kappa shape index (κ1) is 30.5. The fraction of sp³-hybridized carbons (Fsp3) is 0.516. The van der Waals surface area contributed by atoms with E-state index in [1.807, 2.05) is 26.8 Å². The molecule has 2 aliphatic rings. The van der Waals surface area contributed by atoms with Gasteiger partial charge in [0.05, 0.1) is 39.2 Å². The summed E-state index contributed by atoms with van der Waals surface area (Å²) in [6.07, 6.45) is 0.594. The summed E-state index contributed by atoms with van der Waals surface area (Å²) >= 11 is 0. The van der Waals surface area contributed by atoms with Crippen LogP contribution in [0.25, 0.3) is 0 Å². The van der Waals surface area contributed by atoms with Crippen molar-refractivity contribution >= 4 is 17.5 Å². The van der Waals surface area contributed by atoms with Gasteiger partial charge >= 0.3 is 0 Å². The van der Waals surface area contributed by atoms with E-state index in [-0.39, 0.29) is 23.8 Å². The van der Waals surface area contributed by atoms with E-state index in [1.54, 1.807) is 49.5 Å². The molecule has 1 atom stereocenters. The van der Waals surface area contributed by atoms with Crippen LogP contribution in [0, 0.1) is 11.2 Å².